The highest BCUT2D eigenvalue weighted by atomic mass is 35.5. The third-order valence-corrected chi connectivity index (χ3v) is 6.39. The van der Waals surface area contributed by atoms with E-state index in [2.05, 4.69) is 10.3 Å². The van der Waals surface area contributed by atoms with Gasteiger partial charge in [-0.15, -0.1) is 0 Å². The Kier molecular flexibility index (Phi) is 5.01. The van der Waals surface area contributed by atoms with Crippen molar-refractivity contribution >= 4 is 38.7 Å². The standard InChI is InChI=1S/C16H17ClN4O4S/c1-11-9-20(26(24,25)10-11)13-4-2-12(3-5-13)6-19-16-14(17)7-18-8-15(16)21(22)23/h2-5,7-8,11H,6,9-10H2,1H3,(H,18,19). The Labute approximate surface area is 156 Å². The Bertz CT molecular complexity index is 934. The monoisotopic (exact) mass is 396 g/mol. The van der Waals surface area contributed by atoms with Gasteiger partial charge in [0, 0.05) is 19.3 Å². The number of rotatable bonds is 5. The predicted molar refractivity (Wildman–Crippen MR) is 100.0 cm³/mol. The minimum Gasteiger partial charge on any atom is -0.374 e. The molecule has 1 unspecified atom stereocenters. The smallest absolute Gasteiger partial charge is 0.311 e. The van der Waals surface area contributed by atoms with Gasteiger partial charge in [-0.2, -0.15) is 0 Å². The summed E-state index contributed by atoms with van der Waals surface area (Å²) in [4.78, 5) is 14.2. The first-order chi connectivity index (χ1) is 12.3. The molecule has 0 saturated carbocycles. The van der Waals surface area contributed by atoms with Crippen LogP contribution in [0.4, 0.5) is 17.1 Å². The van der Waals surface area contributed by atoms with Gasteiger partial charge >= 0.3 is 5.69 Å². The molecule has 8 nitrogen and oxygen atoms in total. The van der Waals surface area contributed by atoms with E-state index >= 15 is 0 Å². The summed E-state index contributed by atoms with van der Waals surface area (Å²) in [7, 11) is -3.26. The molecule has 0 spiro atoms. The maximum atomic E-state index is 12.1. The lowest BCUT2D eigenvalue weighted by Gasteiger charge is -2.17. The van der Waals surface area contributed by atoms with Crippen LogP contribution in [0.1, 0.15) is 12.5 Å². The van der Waals surface area contributed by atoms with Crippen LogP contribution in [-0.4, -0.2) is 30.6 Å². The summed E-state index contributed by atoms with van der Waals surface area (Å²) < 4.78 is 25.7. The number of nitrogens with zero attached hydrogens (tertiary/aromatic N) is 3. The Morgan fingerprint density at radius 2 is 2.04 bits per heavy atom. The Morgan fingerprint density at radius 3 is 2.62 bits per heavy atom. The van der Waals surface area contributed by atoms with E-state index in [9.17, 15) is 18.5 Å². The Balaban J connectivity index is 1.75. The number of aromatic nitrogens is 1. The first kappa shape index (κ1) is 18.4. The van der Waals surface area contributed by atoms with Crippen LogP contribution in [0.3, 0.4) is 0 Å². The average Bonchev–Trinajstić information content (AvgIpc) is 2.86. The molecular weight excluding hydrogens is 380 g/mol. The van der Waals surface area contributed by atoms with E-state index in [1.807, 2.05) is 6.92 Å². The third-order valence-electron chi connectivity index (χ3n) is 4.08. The number of pyridine rings is 1. The summed E-state index contributed by atoms with van der Waals surface area (Å²) in [6.07, 6.45) is 2.47. The minimum atomic E-state index is -3.26. The number of hydrogen-bond acceptors (Lipinski definition) is 6. The molecule has 1 saturated heterocycles. The van der Waals surface area contributed by atoms with Gasteiger partial charge in [0.1, 0.15) is 11.9 Å². The van der Waals surface area contributed by atoms with Crippen LogP contribution in [0, 0.1) is 16.0 Å². The second-order valence-corrected chi connectivity index (χ2v) is 8.55. The van der Waals surface area contributed by atoms with Gasteiger partial charge in [0.25, 0.3) is 0 Å². The molecule has 0 bridgehead atoms. The van der Waals surface area contributed by atoms with Crippen molar-refractivity contribution in [3.8, 4) is 0 Å². The number of benzene rings is 1. The summed E-state index contributed by atoms with van der Waals surface area (Å²) in [5.74, 6) is 0.247. The van der Waals surface area contributed by atoms with E-state index in [-0.39, 0.29) is 28.1 Å². The van der Waals surface area contributed by atoms with Gasteiger partial charge in [0.15, 0.2) is 0 Å². The highest BCUT2D eigenvalue weighted by molar-refractivity contribution is 7.93. The molecule has 1 aliphatic rings. The molecule has 1 fully saturated rings. The van der Waals surface area contributed by atoms with Crippen molar-refractivity contribution in [3.05, 3.63) is 57.4 Å². The lowest BCUT2D eigenvalue weighted by molar-refractivity contribution is -0.384. The zero-order valence-corrected chi connectivity index (χ0v) is 15.5. The van der Waals surface area contributed by atoms with Gasteiger partial charge in [0.05, 0.1) is 21.4 Å². The van der Waals surface area contributed by atoms with E-state index < -0.39 is 14.9 Å². The van der Waals surface area contributed by atoms with Crippen LogP contribution in [0.2, 0.25) is 5.02 Å². The lowest BCUT2D eigenvalue weighted by atomic mass is 10.2. The maximum absolute atomic E-state index is 12.1. The highest BCUT2D eigenvalue weighted by Crippen LogP contribution is 2.31. The van der Waals surface area contributed by atoms with Crippen molar-refractivity contribution in [1.29, 1.82) is 0 Å². The zero-order chi connectivity index (χ0) is 18.9. The first-order valence-electron chi connectivity index (χ1n) is 7.89. The molecule has 10 heteroatoms. The number of sulfonamides is 1. The number of nitro groups is 1. The van der Waals surface area contributed by atoms with Gasteiger partial charge in [0.2, 0.25) is 10.0 Å². The van der Waals surface area contributed by atoms with E-state index in [0.717, 1.165) is 11.8 Å². The quantitative estimate of drug-likeness (QED) is 0.615. The predicted octanol–water partition coefficient (Wildman–Crippen LogP) is 3.04. The maximum Gasteiger partial charge on any atom is 0.311 e. The molecule has 1 atom stereocenters. The van der Waals surface area contributed by atoms with Crippen LogP contribution < -0.4 is 9.62 Å². The lowest BCUT2D eigenvalue weighted by Crippen LogP contribution is -2.25. The van der Waals surface area contributed by atoms with Gasteiger partial charge in [-0.3, -0.25) is 19.4 Å². The van der Waals surface area contributed by atoms with Crippen LogP contribution in [-0.2, 0) is 16.6 Å². The summed E-state index contributed by atoms with van der Waals surface area (Å²) >= 11 is 5.99. The van der Waals surface area contributed by atoms with Crippen LogP contribution in [0.25, 0.3) is 0 Å². The molecule has 1 aliphatic heterocycles. The van der Waals surface area contributed by atoms with Crippen molar-refractivity contribution in [1.82, 2.24) is 4.98 Å². The van der Waals surface area contributed by atoms with Crippen molar-refractivity contribution < 1.29 is 13.3 Å². The first-order valence-corrected chi connectivity index (χ1v) is 9.88. The fraction of sp³-hybridized carbons (Fsp3) is 0.312. The minimum absolute atomic E-state index is 0.0933. The molecule has 138 valence electrons. The fourth-order valence-corrected chi connectivity index (χ4v) is 5.02. The molecule has 0 aliphatic carbocycles. The number of nitrogens with one attached hydrogen (secondary N) is 1. The summed E-state index contributed by atoms with van der Waals surface area (Å²) in [6, 6.07) is 7.02. The molecule has 1 N–H and O–H groups in total. The topological polar surface area (TPSA) is 105 Å². The van der Waals surface area contributed by atoms with Crippen LogP contribution in [0.5, 0.6) is 0 Å². The molecule has 3 rings (SSSR count). The SMILES string of the molecule is CC1CN(c2ccc(CNc3c(Cl)cncc3[N+](=O)[O-])cc2)S(=O)(=O)C1. The molecule has 26 heavy (non-hydrogen) atoms. The second kappa shape index (κ2) is 7.08. The molecule has 2 heterocycles. The van der Waals surface area contributed by atoms with E-state index in [1.54, 1.807) is 24.3 Å². The van der Waals surface area contributed by atoms with Gasteiger partial charge in [-0.25, -0.2) is 8.42 Å². The molecule has 0 amide bonds. The summed E-state index contributed by atoms with van der Waals surface area (Å²) in [5.41, 5.74) is 1.45. The van der Waals surface area contributed by atoms with E-state index in [0.29, 0.717) is 18.8 Å². The van der Waals surface area contributed by atoms with Gasteiger partial charge in [-0.1, -0.05) is 30.7 Å². The summed E-state index contributed by atoms with van der Waals surface area (Å²) in [5, 5.41) is 14.2. The van der Waals surface area contributed by atoms with Gasteiger partial charge < -0.3 is 5.32 Å². The third kappa shape index (κ3) is 3.73. The van der Waals surface area contributed by atoms with Crippen molar-refractivity contribution in [3.63, 3.8) is 0 Å². The number of anilines is 2. The second-order valence-electron chi connectivity index (χ2n) is 6.21. The molecule has 2 aromatic rings. The van der Waals surface area contributed by atoms with Crippen LogP contribution in [0.15, 0.2) is 36.7 Å². The zero-order valence-electron chi connectivity index (χ0n) is 13.9. The van der Waals surface area contributed by atoms with Crippen LogP contribution >= 0.6 is 11.6 Å². The molecular formula is C16H17ClN4O4S. The fourth-order valence-electron chi connectivity index (χ4n) is 2.87. The van der Waals surface area contributed by atoms with Crippen molar-refractivity contribution in [2.75, 3.05) is 21.9 Å². The number of hydrogen-bond donors (Lipinski definition) is 1. The van der Waals surface area contributed by atoms with Crippen molar-refractivity contribution in [2.24, 2.45) is 5.92 Å². The van der Waals surface area contributed by atoms with Gasteiger partial charge in [-0.05, 0) is 23.6 Å². The largest absolute Gasteiger partial charge is 0.374 e. The highest BCUT2D eigenvalue weighted by Gasteiger charge is 2.33. The number of halogens is 1. The molecule has 0 radical (unpaired) electrons. The van der Waals surface area contributed by atoms with Crippen molar-refractivity contribution in [2.45, 2.75) is 13.5 Å². The van der Waals surface area contributed by atoms with E-state index in [1.165, 1.54) is 10.5 Å². The summed E-state index contributed by atoms with van der Waals surface area (Å²) in [6.45, 7) is 2.67. The van der Waals surface area contributed by atoms with E-state index in [4.69, 9.17) is 11.6 Å². The Morgan fingerprint density at radius 1 is 1.35 bits per heavy atom. The normalized spacial score (nSPS) is 18.7. The Hall–Kier alpha value is -2.39. The molecule has 1 aromatic carbocycles. The average molecular weight is 397 g/mol. The molecule has 1 aromatic heterocycles.